The van der Waals surface area contributed by atoms with Crippen LogP contribution in [0.25, 0.3) is 10.9 Å². The van der Waals surface area contributed by atoms with Gasteiger partial charge in [-0.2, -0.15) is 5.26 Å². The fourth-order valence-corrected chi connectivity index (χ4v) is 2.62. The number of carbonyl (C=O) groups is 1. The molecule has 0 saturated carbocycles. The van der Waals surface area contributed by atoms with Gasteiger partial charge < -0.3 is 10.3 Å². The predicted octanol–water partition coefficient (Wildman–Crippen LogP) is 3.44. The molecule has 7 nitrogen and oxygen atoms in total. The first kappa shape index (κ1) is 16.2. The summed E-state index contributed by atoms with van der Waals surface area (Å²) in [6, 6.07) is 15.0. The fourth-order valence-electron chi connectivity index (χ4n) is 2.62. The van der Waals surface area contributed by atoms with Gasteiger partial charge in [0.25, 0.3) is 11.6 Å². The fraction of sp³-hybridized carbons (Fsp3) is 0.111. The molecule has 0 radical (unpaired) electrons. The van der Waals surface area contributed by atoms with Crippen molar-refractivity contribution in [1.29, 1.82) is 5.26 Å². The zero-order chi connectivity index (χ0) is 18.0. The number of non-ortho nitro benzene ring substituents is 1. The second kappa shape index (κ2) is 6.45. The lowest BCUT2D eigenvalue weighted by atomic mass is 10.1. The average molecular weight is 334 g/mol. The smallest absolute Gasteiger partial charge is 0.293 e. The molecule has 0 saturated heterocycles. The van der Waals surface area contributed by atoms with E-state index < -0.39 is 4.92 Å². The van der Waals surface area contributed by atoms with E-state index >= 15 is 0 Å². The number of aromatic nitrogens is 1. The van der Waals surface area contributed by atoms with Gasteiger partial charge in [-0.15, -0.1) is 0 Å². The molecule has 3 aromatic rings. The monoisotopic (exact) mass is 334 g/mol. The first-order chi connectivity index (χ1) is 12.0. The predicted molar refractivity (Wildman–Crippen MR) is 92.0 cm³/mol. The van der Waals surface area contributed by atoms with Gasteiger partial charge in [-0.1, -0.05) is 24.3 Å². The van der Waals surface area contributed by atoms with E-state index in [-0.39, 0.29) is 23.3 Å². The minimum absolute atomic E-state index is 0.0725. The van der Waals surface area contributed by atoms with Crippen LogP contribution in [-0.2, 0) is 0 Å². The van der Waals surface area contributed by atoms with Crippen LogP contribution >= 0.6 is 0 Å². The van der Waals surface area contributed by atoms with Crippen molar-refractivity contribution in [3.05, 3.63) is 75.5 Å². The number of nitrogens with one attached hydrogen (secondary N) is 2. The lowest BCUT2D eigenvalue weighted by molar-refractivity contribution is -0.383. The van der Waals surface area contributed by atoms with Gasteiger partial charge in [0.15, 0.2) is 0 Å². The molecule has 0 aliphatic rings. The van der Waals surface area contributed by atoms with E-state index in [1.807, 2.05) is 13.0 Å². The summed E-state index contributed by atoms with van der Waals surface area (Å²) in [5, 5.41) is 23.3. The van der Waals surface area contributed by atoms with Crippen molar-refractivity contribution >= 4 is 22.5 Å². The molecule has 1 aromatic heterocycles. The van der Waals surface area contributed by atoms with E-state index in [2.05, 4.69) is 10.3 Å². The van der Waals surface area contributed by atoms with Crippen molar-refractivity contribution in [3.8, 4) is 6.07 Å². The van der Waals surface area contributed by atoms with E-state index in [9.17, 15) is 14.9 Å². The highest BCUT2D eigenvalue weighted by Gasteiger charge is 2.18. The quantitative estimate of drug-likeness (QED) is 0.562. The molecule has 1 amide bonds. The lowest BCUT2D eigenvalue weighted by Crippen LogP contribution is -2.26. The van der Waals surface area contributed by atoms with Gasteiger partial charge in [0, 0.05) is 11.5 Å². The molecule has 2 N–H and O–H groups in total. The molecular weight excluding hydrogens is 320 g/mol. The molecule has 1 heterocycles. The van der Waals surface area contributed by atoms with Crippen molar-refractivity contribution in [3.63, 3.8) is 0 Å². The highest BCUT2D eigenvalue weighted by molar-refractivity contribution is 6.00. The molecule has 0 fully saturated rings. The Kier molecular flexibility index (Phi) is 4.18. The number of nitro groups is 1. The maximum atomic E-state index is 12.4. The van der Waals surface area contributed by atoms with Gasteiger partial charge in [-0.3, -0.25) is 14.9 Å². The number of amides is 1. The molecule has 25 heavy (non-hydrogen) atoms. The van der Waals surface area contributed by atoms with Crippen molar-refractivity contribution < 1.29 is 9.72 Å². The van der Waals surface area contributed by atoms with Crippen LogP contribution in [0, 0.1) is 21.4 Å². The van der Waals surface area contributed by atoms with Crippen LogP contribution in [0.3, 0.4) is 0 Å². The number of hydrogen-bond donors (Lipinski definition) is 2. The third-order valence-electron chi connectivity index (χ3n) is 3.96. The largest absolute Gasteiger partial charge is 0.345 e. The number of rotatable bonds is 4. The molecule has 0 spiro atoms. The normalized spacial score (nSPS) is 11.7. The first-order valence-electron chi connectivity index (χ1n) is 7.56. The molecule has 124 valence electrons. The topological polar surface area (TPSA) is 112 Å². The number of nitro benzene ring substituents is 1. The van der Waals surface area contributed by atoms with Crippen LogP contribution in [0.15, 0.2) is 48.5 Å². The molecule has 1 atom stereocenters. The van der Waals surface area contributed by atoms with E-state index in [4.69, 9.17) is 5.26 Å². The van der Waals surface area contributed by atoms with E-state index in [1.54, 1.807) is 42.5 Å². The number of hydrogen-bond acceptors (Lipinski definition) is 4. The number of para-hydroxylation sites is 1. The Morgan fingerprint density at radius 3 is 2.64 bits per heavy atom. The number of nitriles is 1. The van der Waals surface area contributed by atoms with Crippen LogP contribution in [0.2, 0.25) is 0 Å². The van der Waals surface area contributed by atoms with Gasteiger partial charge in [0.1, 0.15) is 11.2 Å². The second-order valence-corrected chi connectivity index (χ2v) is 5.61. The maximum Gasteiger partial charge on any atom is 0.293 e. The molecule has 2 aromatic carbocycles. The summed E-state index contributed by atoms with van der Waals surface area (Å²) in [5.74, 6) is -0.359. The summed E-state index contributed by atoms with van der Waals surface area (Å²) in [4.78, 5) is 25.8. The molecule has 0 aliphatic carbocycles. The third kappa shape index (κ3) is 3.19. The Labute approximate surface area is 143 Å². The summed E-state index contributed by atoms with van der Waals surface area (Å²) in [6.45, 7) is 1.82. The Balaban J connectivity index is 1.83. The summed E-state index contributed by atoms with van der Waals surface area (Å²) < 4.78 is 0. The molecule has 0 bridgehead atoms. The second-order valence-electron chi connectivity index (χ2n) is 5.61. The lowest BCUT2D eigenvalue weighted by Gasteiger charge is -2.13. The molecular formula is C18H14N4O3. The average Bonchev–Trinajstić information content (AvgIpc) is 3.05. The third-order valence-corrected chi connectivity index (χ3v) is 3.96. The number of fused-ring (bicyclic) bond motifs is 1. The Bertz CT molecular complexity index is 999. The van der Waals surface area contributed by atoms with E-state index in [0.29, 0.717) is 16.5 Å². The van der Waals surface area contributed by atoms with Crippen molar-refractivity contribution in [2.24, 2.45) is 0 Å². The summed E-state index contributed by atoms with van der Waals surface area (Å²) >= 11 is 0. The zero-order valence-corrected chi connectivity index (χ0v) is 13.3. The van der Waals surface area contributed by atoms with Gasteiger partial charge in [0.05, 0.1) is 22.6 Å². The number of H-pyrrole nitrogens is 1. The van der Waals surface area contributed by atoms with Gasteiger partial charge >= 0.3 is 0 Å². The Morgan fingerprint density at radius 1 is 1.28 bits per heavy atom. The van der Waals surface area contributed by atoms with Crippen LogP contribution in [0.4, 0.5) is 5.69 Å². The highest BCUT2D eigenvalue weighted by atomic mass is 16.6. The van der Waals surface area contributed by atoms with Crippen LogP contribution in [0.5, 0.6) is 0 Å². The number of carbonyl (C=O) groups excluding carboxylic acids is 1. The van der Waals surface area contributed by atoms with Crippen LogP contribution < -0.4 is 5.32 Å². The maximum absolute atomic E-state index is 12.4. The SMILES string of the molecule is C[C@H](NC(=O)c1cc2cccc([N+](=O)[O-])c2[nH]1)c1ccc(C#N)cc1. The zero-order valence-electron chi connectivity index (χ0n) is 13.3. The molecule has 7 heteroatoms. The van der Waals surface area contributed by atoms with Crippen molar-refractivity contribution in [2.45, 2.75) is 13.0 Å². The van der Waals surface area contributed by atoms with Gasteiger partial charge in [-0.05, 0) is 30.7 Å². The molecule has 3 rings (SSSR count). The summed E-state index contributed by atoms with van der Waals surface area (Å²) in [7, 11) is 0. The number of aromatic amines is 1. The minimum atomic E-state index is -0.486. The standard InChI is InChI=1S/C18H14N4O3/c1-11(13-7-5-12(10-19)6-8-13)20-18(23)15-9-14-3-2-4-16(22(24)25)17(14)21-15/h2-9,11,21H,1H3,(H,20,23)/t11-/m0/s1. The van der Waals surface area contributed by atoms with Crippen LogP contribution in [0.1, 0.15) is 34.6 Å². The Morgan fingerprint density at radius 2 is 2.00 bits per heavy atom. The molecule has 0 aliphatic heterocycles. The minimum Gasteiger partial charge on any atom is -0.345 e. The van der Waals surface area contributed by atoms with E-state index in [0.717, 1.165) is 5.56 Å². The van der Waals surface area contributed by atoms with Crippen LogP contribution in [-0.4, -0.2) is 15.8 Å². The van der Waals surface area contributed by atoms with Gasteiger partial charge in [0.2, 0.25) is 0 Å². The highest BCUT2D eigenvalue weighted by Crippen LogP contribution is 2.25. The summed E-state index contributed by atoms with van der Waals surface area (Å²) in [5.41, 5.74) is 1.91. The Hall–Kier alpha value is -3.66. The first-order valence-corrected chi connectivity index (χ1v) is 7.56. The van der Waals surface area contributed by atoms with E-state index in [1.165, 1.54) is 6.07 Å². The number of nitrogens with zero attached hydrogens (tertiary/aromatic N) is 2. The summed E-state index contributed by atoms with van der Waals surface area (Å²) in [6.07, 6.45) is 0. The number of benzene rings is 2. The molecule has 0 unspecified atom stereocenters. The van der Waals surface area contributed by atoms with Gasteiger partial charge in [-0.25, -0.2) is 0 Å². The van der Waals surface area contributed by atoms with Crippen molar-refractivity contribution in [2.75, 3.05) is 0 Å². The van der Waals surface area contributed by atoms with Crippen molar-refractivity contribution in [1.82, 2.24) is 10.3 Å².